The van der Waals surface area contributed by atoms with E-state index in [4.69, 9.17) is 9.57 Å². The van der Waals surface area contributed by atoms with Gasteiger partial charge in [0.05, 0.1) is 0 Å². The Bertz CT molecular complexity index is 552. The van der Waals surface area contributed by atoms with E-state index in [-0.39, 0.29) is 0 Å². The van der Waals surface area contributed by atoms with Crippen molar-refractivity contribution in [2.75, 3.05) is 13.7 Å². The van der Waals surface area contributed by atoms with Crippen LogP contribution in [0.15, 0.2) is 59.8 Å². The molecule has 0 amide bonds. The van der Waals surface area contributed by atoms with Gasteiger partial charge in [0.2, 0.25) is 0 Å². The SMILES string of the molecule is CO/N=C(\COc1ccc(CBr)cc1)c1ccccc1. The van der Waals surface area contributed by atoms with E-state index >= 15 is 0 Å². The normalized spacial score (nSPS) is 11.2. The monoisotopic (exact) mass is 333 g/mol. The van der Waals surface area contributed by atoms with Crippen LogP contribution in [0.5, 0.6) is 5.75 Å². The number of halogens is 1. The van der Waals surface area contributed by atoms with E-state index in [1.165, 1.54) is 12.7 Å². The Morgan fingerprint density at radius 1 is 1.05 bits per heavy atom. The third kappa shape index (κ3) is 4.10. The fraction of sp³-hybridized carbons (Fsp3) is 0.188. The first-order chi connectivity index (χ1) is 9.83. The maximum Gasteiger partial charge on any atom is 0.134 e. The van der Waals surface area contributed by atoms with E-state index in [0.29, 0.717) is 6.61 Å². The molecule has 0 bridgehead atoms. The minimum Gasteiger partial charge on any atom is -0.487 e. The van der Waals surface area contributed by atoms with Crippen LogP contribution in [0.2, 0.25) is 0 Å². The van der Waals surface area contributed by atoms with Crippen molar-refractivity contribution in [3.05, 3.63) is 65.7 Å². The van der Waals surface area contributed by atoms with Gasteiger partial charge in [-0.1, -0.05) is 63.6 Å². The molecular formula is C16H16BrNO2. The van der Waals surface area contributed by atoms with E-state index in [2.05, 4.69) is 21.1 Å². The molecule has 0 radical (unpaired) electrons. The Hall–Kier alpha value is -1.81. The van der Waals surface area contributed by atoms with Crippen LogP contribution in [0.3, 0.4) is 0 Å². The summed E-state index contributed by atoms with van der Waals surface area (Å²) in [4.78, 5) is 4.89. The van der Waals surface area contributed by atoms with Crippen LogP contribution in [0.4, 0.5) is 0 Å². The van der Waals surface area contributed by atoms with E-state index in [0.717, 1.165) is 22.4 Å². The summed E-state index contributed by atoms with van der Waals surface area (Å²) in [5.74, 6) is 0.814. The Morgan fingerprint density at radius 3 is 2.35 bits per heavy atom. The first-order valence-electron chi connectivity index (χ1n) is 6.26. The van der Waals surface area contributed by atoms with Crippen molar-refractivity contribution in [1.29, 1.82) is 0 Å². The summed E-state index contributed by atoms with van der Waals surface area (Å²) in [6.45, 7) is 0.367. The highest BCUT2D eigenvalue weighted by molar-refractivity contribution is 9.08. The van der Waals surface area contributed by atoms with Crippen molar-refractivity contribution in [3.8, 4) is 5.75 Å². The smallest absolute Gasteiger partial charge is 0.134 e. The molecule has 0 aliphatic rings. The van der Waals surface area contributed by atoms with Crippen LogP contribution in [-0.4, -0.2) is 19.4 Å². The zero-order valence-electron chi connectivity index (χ0n) is 11.3. The fourth-order valence-corrected chi connectivity index (χ4v) is 2.10. The second kappa shape index (κ2) is 7.70. The number of hydrogen-bond acceptors (Lipinski definition) is 3. The quantitative estimate of drug-likeness (QED) is 0.454. The van der Waals surface area contributed by atoms with Crippen LogP contribution >= 0.6 is 15.9 Å². The van der Waals surface area contributed by atoms with E-state index in [1.807, 2.05) is 54.6 Å². The minimum atomic E-state index is 0.367. The van der Waals surface area contributed by atoms with Gasteiger partial charge in [-0.25, -0.2) is 0 Å². The van der Waals surface area contributed by atoms with Crippen LogP contribution < -0.4 is 4.74 Å². The molecule has 104 valence electrons. The highest BCUT2D eigenvalue weighted by Crippen LogP contribution is 2.14. The standard InChI is InChI=1S/C16H16BrNO2/c1-19-18-16(14-5-3-2-4-6-14)12-20-15-9-7-13(11-17)8-10-15/h2-10H,11-12H2,1H3/b18-16+. The molecule has 0 aliphatic carbocycles. The Morgan fingerprint density at radius 2 is 1.75 bits per heavy atom. The Kier molecular flexibility index (Phi) is 5.62. The molecule has 0 unspecified atom stereocenters. The maximum absolute atomic E-state index is 5.75. The van der Waals surface area contributed by atoms with Gasteiger partial charge in [-0.15, -0.1) is 0 Å². The number of rotatable bonds is 6. The lowest BCUT2D eigenvalue weighted by molar-refractivity contribution is 0.210. The largest absolute Gasteiger partial charge is 0.487 e. The molecule has 2 aromatic carbocycles. The van der Waals surface area contributed by atoms with Crippen molar-refractivity contribution in [3.63, 3.8) is 0 Å². The van der Waals surface area contributed by atoms with Crippen LogP contribution in [0, 0.1) is 0 Å². The number of oxime groups is 1. The third-order valence-electron chi connectivity index (χ3n) is 2.76. The summed E-state index contributed by atoms with van der Waals surface area (Å²) in [6, 6.07) is 17.8. The zero-order valence-corrected chi connectivity index (χ0v) is 12.8. The first kappa shape index (κ1) is 14.6. The van der Waals surface area contributed by atoms with Crippen molar-refractivity contribution < 1.29 is 9.57 Å². The number of ether oxygens (including phenoxy) is 1. The summed E-state index contributed by atoms with van der Waals surface area (Å²) in [6.07, 6.45) is 0. The average molecular weight is 334 g/mol. The molecule has 0 saturated carbocycles. The maximum atomic E-state index is 5.75. The van der Waals surface area contributed by atoms with Gasteiger partial charge >= 0.3 is 0 Å². The molecule has 2 aromatic rings. The summed E-state index contributed by atoms with van der Waals surface area (Å²) in [5.41, 5.74) is 2.97. The van der Waals surface area contributed by atoms with E-state index < -0.39 is 0 Å². The molecule has 0 heterocycles. The Balaban J connectivity index is 2.04. The van der Waals surface area contributed by atoms with Gasteiger partial charge in [-0.05, 0) is 17.7 Å². The molecule has 20 heavy (non-hydrogen) atoms. The molecule has 0 fully saturated rings. The zero-order chi connectivity index (χ0) is 14.2. The summed E-state index contributed by atoms with van der Waals surface area (Å²) < 4.78 is 5.75. The van der Waals surface area contributed by atoms with Crippen molar-refractivity contribution >= 4 is 21.6 Å². The molecule has 0 N–H and O–H groups in total. The average Bonchev–Trinajstić information content (AvgIpc) is 2.53. The number of nitrogens with zero attached hydrogens (tertiary/aromatic N) is 1. The second-order valence-electron chi connectivity index (χ2n) is 4.15. The van der Waals surface area contributed by atoms with Crippen LogP contribution in [-0.2, 0) is 10.2 Å². The lowest BCUT2D eigenvalue weighted by Gasteiger charge is -2.09. The number of benzene rings is 2. The van der Waals surface area contributed by atoms with Gasteiger partial charge in [-0.2, -0.15) is 0 Å². The third-order valence-corrected chi connectivity index (χ3v) is 3.41. The number of alkyl halides is 1. The highest BCUT2D eigenvalue weighted by Gasteiger charge is 2.05. The topological polar surface area (TPSA) is 30.8 Å². The molecular weight excluding hydrogens is 318 g/mol. The fourth-order valence-electron chi connectivity index (χ4n) is 1.73. The molecule has 2 rings (SSSR count). The highest BCUT2D eigenvalue weighted by atomic mass is 79.9. The molecule has 0 saturated heterocycles. The molecule has 4 heteroatoms. The second-order valence-corrected chi connectivity index (χ2v) is 4.71. The van der Waals surface area contributed by atoms with Gasteiger partial charge in [0, 0.05) is 10.9 Å². The minimum absolute atomic E-state index is 0.367. The van der Waals surface area contributed by atoms with Gasteiger partial charge in [-0.3, -0.25) is 0 Å². The first-order valence-corrected chi connectivity index (χ1v) is 7.39. The van der Waals surface area contributed by atoms with Gasteiger partial charge in [0.1, 0.15) is 25.2 Å². The molecule has 3 nitrogen and oxygen atoms in total. The van der Waals surface area contributed by atoms with E-state index in [9.17, 15) is 0 Å². The van der Waals surface area contributed by atoms with E-state index in [1.54, 1.807) is 0 Å². The van der Waals surface area contributed by atoms with Gasteiger partial charge in [0.15, 0.2) is 0 Å². The van der Waals surface area contributed by atoms with Gasteiger partial charge < -0.3 is 9.57 Å². The van der Waals surface area contributed by atoms with Crippen molar-refractivity contribution in [1.82, 2.24) is 0 Å². The molecule has 0 spiro atoms. The summed E-state index contributed by atoms with van der Waals surface area (Å²) in [5, 5.41) is 4.87. The molecule has 0 atom stereocenters. The molecule has 0 aromatic heterocycles. The Labute approximate surface area is 127 Å². The van der Waals surface area contributed by atoms with Crippen LogP contribution in [0.1, 0.15) is 11.1 Å². The predicted octanol–water partition coefficient (Wildman–Crippen LogP) is 4.01. The van der Waals surface area contributed by atoms with Gasteiger partial charge in [0.25, 0.3) is 0 Å². The lowest BCUT2D eigenvalue weighted by Crippen LogP contribution is -2.13. The van der Waals surface area contributed by atoms with Crippen molar-refractivity contribution in [2.45, 2.75) is 5.33 Å². The number of hydrogen-bond donors (Lipinski definition) is 0. The van der Waals surface area contributed by atoms with Crippen LogP contribution in [0.25, 0.3) is 0 Å². The summed E-state index contributed by atoms with van der Waals surface area (Å²) in [7, 11) is 1.54. The molecule has 0 aliphatic heterocycles. The predicted molar refractivity (Wildman–Crippen MR) is 84.6 cm³/mol. The van der Waals surface area contributed by atoms with Crippen molar-refractivity contribution in [2.24, 2.45) is 5.16 Å². The summed E-state index contributed by atoms with van der Waals surface area (Å²) >= 11 is 3.42. The lowest BCUT2D eigenvalue weighted by atomic mass is 10.1.